The average Bonchev–Trinajstić information content (AvgIpc) is 3.55. The van der Waals surface area contributed by atoms with Crippen molar-refractivity contribution in [3.8, 4) is 0 Å². The van der Waals surface area contributed by atoms with Gasteiger partial charge in [-0.2, -0.15) is 0 Å². The molecule has 4 nitrogen and oxygen atoms in total. The summed E-state index contributed by atoms with van der Waals surface area (Å²) in [4.78, 5) is 17.4. The monoisotopic (exact) mass is 369 g/mol. The molecule has 1 amide bonds. The summed E-state index contributed by atoms with van der Waals surface area (Å²) in [6.07, 6.45) is 10.1. The molecule has 1 aliphatic heterocycles. The molecule has 4 heteroatoms. The molecule has 0 bridgehead atoms. The van der Waals surface area contributed by atoms with E-state index in [1.165, 1.54) is 12.0 Å². The molecule has 1 aromatic carbocycles. The molecule has 1 saturated heterocycles. The van der Waals surface area contributed by atoms with Gasteiger partial charge in [-0.3, -0.25) is 4.79 Å². The normalized spacial score (nSPS) is 24.5. The number of benzene rings is 1. The van der Waals surface area contributed by atoms with E-state index in [0.29, 0.717) is 11.8 Å². The number of allylic oxidation sites excluding steroid dienone is 2. The Bertz CT molecular complexity index is 648. The van der Waals surface area contributed by atoms with Crippen LogP contribution in [0.4, 0.5) is 0 Å². The Morgan fingerprint density at radius 3 is 2.59 bits per heavy atom. The smallest absolute Gasteiger partial charge is 0.233 e. The van der Waals surface area contributed by atoms with Gasteiger partial charge >= 0.3 is 0 Å². The second-order valence-electron chi connectivity index (χ2n) is 8.46. The van der Waals surface area contributed by atoms with Gasteiger partial charge in [0.05, 0.1) is 31.7 Å². The van der Waals surface area contributed by atoms with E-state index < -0.39 is 0 Å². The van der Waals surface area contributed by atoms with Crippen molar-refractivity contribution < 1.29 is 14.4 Å². The highest BCUT2D eigenvalue weighted by Crippen LogP contribution is 2.49. The first-order chi connectivity index (χ1) is 13.3. The Labute approximate surface area is 163 Å². The maximum Gasteiger partial charge on any atom is 0.233 e. The molecule has 1 atom stereocenters. The van der Waals surface area contributed by atoms with Gasteiger partial charge < -0.3 is 14.5 Å². The number of hydrogen-bond acceptors (Lipinski definition) is 2. The first-order valence-corrected chi connectivity index (χ1v) is 10.7. The van der Waals surface area contributed by atoms with Gasteiger partial charge in [0.15, 0.2) is 0 Å². The van der Waals surface area contributed by atoms with E-state index in [0.717, 1.165) is 71.6 Å². The fourth-order valence-corrected chi connectivity index (χ4v) is 4.62. The van der Waals surface area contributed by atoms with Crippen LogP contribution in [0.1, 0.15) is 37.7 Å². The molecule has 1 N–H and O–H groups in total. The van der Waals surface area contributed by atoms with Gasteiger partial charge in [-0.1, -0.05) is 42.5 Å². The zero-order chi connectivity index (χ0) is 18.5. The number of ether oxygens (including phenoxy) is 1. The molecule has 27 heavy (non-hydrogen) atoms. The SMILES string of the molecule is O=C(N(CC[NH+]1CCOCC1)C[C@H]1CC=CCC1)C1(c2ccccc2)CC1. The summed E-state index contributed by atoms with van der Waals surface area (Å²) in [7, 11) is 0. The van der Waals surface area contributed by atoms with Crippen LogP contribution < -0.4 is 4.90 Å². The summed E-state index contributed by atoms with van der Waals surface area (Å²) in [5.41, 5.74) is 0.966. The molecule has 1 heterocycles. The van der Waals surface area contributed by atoms with Crippen LogP contribution in [0.3, 0.4) is 0 Å². The molecule has 4 rings (SSSR count). The lowest BCUT2D eigenvalue weighted by atomic mass is 9.91. The molecule has 3 aliphatic rings. The molecule has 1 saturated carbocycles. The number of amides is 1. The van der Waals surface area contributed by atoms with E-state index in [-0.39, 0.29) is 5.41 Å². The zero-order valence-electron chi connectivity index (χ0n) is 16.4. The number of quaternary nitrogens is 1. The molecule has 0 aromatic heterocycles. The van der Waals surface area contributed by atoms with Crippen molar-refractivity contribution >= 4 is 5.91 Å². The molecule has 1 aromatic rings. The summed E-state index contributed by atoms with van der Waals surface area (Å²) in [5, 5.41) is 0. The third kappa shape index (κ3) is 4.44. The van der Waals surface area contributed by atoms with Crippen LogP contribution in [0.2, 0.25) is 0 Å². The van der Waals surface area contributed by atoms with Crippen molar-refractivity contribution in [1.29, 1.82) is 0 Å². The Morgan fingerprint density at radius 1 is 1.15 bits per heavy atom. The number of morpholine rings is 1. The third-order valence-corrected chi connectivity index (χ3v) is 6.56. The largest absolute Gasteiger partial charge is 0.370 e. The molecule has 0 radical (unpaired) electrons. The Kier molecular flexibility index (Phi) is 5.94. The Balaban J connectivity index is 1.46. The highest BCUT2D eigenvalue weighted by Gasteiger charge is 2.53. The lowest BCUT2D eigenvalue weighted by Crippen LogP contribution is -3.14. The van der Waals surface area contributed by atoms with Crippen LogP contribution >= 0.6 is 0 Å². The number of nitrogens with one attached hydrogen (secondary N) is 1. The second-order valence-corrected chi connectivity index (χ2v) is 8.46. The van der Waals surface area contributed by atoms with Crippen LogP contribution in [-0.4, -0.2) is 56.7 Å². The first-order valence-electron chi connectivity index (χ1n) is 10.7. The van der Waals surface area contributed by atoms with E-state index >= 15 is 0 Å². The van der Waals surface area contributed by atoms with Crippen LogP contribution in [0.5, 0.6) is 0 Å². The summed E-state index contributed by atoms with van der Waals surface area (Å²) >= 11 is 0. The Morgan fingerprint density at radius 2 is 1.93 bits per heavy atom. The van der Waals surface area contributed by atoms with Gasteiger partial charge in [0.1, 0.15) is 13.1 Å². The van der Waals surface area contributed by atoms with Crippen molar-refractivity contribution in [2.24, 2.45) is 5.92 Å². The molecule has 2 fully saturated rings. The van der Waals surface area contributed by atoms with Gasteiger partial charge in [-0.05, 0) is 43.6 Å². The molecule has 0 spiro atoms. The van der Waals surface area contributed by atoms with Crippen molar-refractivity contribution in [2.45, 2.75) is 37.5 Å². The maximum absolute atomic E-state index is 13.6. The molecule has 146 valence electrons. The highest BCUT2D eigenvalue weighted by molar-refractivity contribution is 5.91. The fourth-order valence-electron chi connectivity index (χ4n) is 4.62. The third-order valence-electron chi connectivity index (χ3n) is 6.56. The minimum atomic E-state index is -0.244. The average molecular weight is 370 g/mol. The van der Waals surface area contributed by atoms with Gasteiger partial charge in [0.2, 0.25) is 5.91 Å². The van der Waals surface area contributed by atoms with Crippen LogP contribution in [-0.2, 0) is 14.9 Å². The quantitative estimate of drug-likeness (QED) is 0.744. The number of carbonyl (C=O) groups excluding carboxylic acids is 1. The van der Waals surface area contributed by atoms with Gasteiger partial charge in [0, 0.05) is 6.54 Å². The Hall–Kier alpha value is -1.65. The highest BCUT2D eigenvalue weighted by atomic mass is 16.5. The van der Waals surface area contributed by atoms with Crippen LogP contribution in [0.15, 0.2) is 42.5 Å². The first kappa shape index (κ1) is 18.7. The van der Waals surface area contributed by atoms with Gasteiger partial charge in [0.25, 0.3) is 0 Å². The summed E-state index contributed by atoms with van der Waals surface area (Å²) in [5.74, 6) is 0.987. The molecular formula is C23H33N2O2+. The lowest BCUT2D eigenvalue weighted by Gasteiger charge is -2.33. The molecular weight excluding hydrogens is 336 g/mol. The number of hydrogen-bond donors (Lipinski definition) is 1. The van der Waals surface area contributed by atoms with Crippen molar-refractivity contribution in [3.63, 3.8) is 0 Å². The molecule has 0 unspecified atom stereocenters. The van der Waals surface area contributed by atoms with E-state index in [2.05, 4.69) is 41.3 Å². The summed E-state index contributed by atoms with van der Waals surface area (Å²) < 4.78 is 5.49. The minimum Gasteiger partial charge on any atom is -0.370 e. The topological polar surface area (TPSA) is 34.0 Å². The number of rotatable bonds is 7. The van der Waals surface area contributed by atoms with E-state index in [1.54, 1.807) is 4.90 Å². The van der Waals surface area contributed by atoms with E-state index in [1.807, 2.05) is 6.07 Å². The van der Waals surface area contributed by atoms with Gasteiger partial charge in [-0.25, -0.2) is 0 Å². The minimum absolute atomic E-state index is 0.244. The zero-order valence-corrected chi connectivity index (χ0v) is 16.4. The fraction of sp³-hybridized carbons (Fsp3) is 0.609. The van der Waals surface area contributed by atoms with Crippen molar-refractivity contribution in [1.82, 2.24) is 4.90 Å². The predicted molar refractivity (Wildman–Crippen MR) is 107 cm³/mol. The van der Waals surface area contributed by atoms with E-state index in [4.69, 9.17) is 4.74 Å². The standard InChI is InChI=1S/C23H32N2O2/c26-22(23(11-12-23)21-9-5-2-6-10-21)25(19-20-7-3-1-4-8-20)14-13-24-15-17-27-18-16-24/h1-3,5-6,9-10,20H,4,7-8,11-19H2/p+1/t20-/m0/s1. The van der Waals surface area contributed by atoms with Gasteiger partial charge in [-0.15, -0.1) is 0 Å². The van der Waals surface area contributed by atoms with Crippen LogP contribution in [0.25, 0.3) is 0 Å². The van der Waals surface area contributed by atoms with E-state index in [9.17, 15) is 4.79 Å². The lowest BCUT2D eigenvalue weighted by molar-refractivity contribution is -0.907. The predicted octanol–water partition coefficient (Wildman–Crippen LogP) is 1.82. The second kappa shape index (κ2) is 8.57. The van der Waals surface area contributed by atoms with Crippen molar-refractivity contribution in [2.75, 3.05) is 45.9 Å². The van der Waals surface area contributed by atoms with Crippen LogP contribution in [0, 0.1) is 5.92 Å². The van der Waals surface area contributed by atoms with Crippen molar-refractivity contribution in [3.05, 3.63) is 48.0 Å². The summed E-state index contributed by atoms with van der Waals surface area (Å²) in [6, 6.07) is 10.4. The summed E-state index contributed by atoms with van der Waals surface area (Å²) in [6.45, 7) is 6.68. The number of nitrogens with zero attached hydrogens (tertiary/aromatic N) is 1. The maximum atomic E-state index is 13.6. The molecule has 2 aliphatic carbocycles. The number of carbonyl (C=O) groups is 1.